The van der Waals surface area contributed by atoms with E-state index in [1.807, 2.05) is 0 Å². The van der Waals surface area contributed by atoms with Crippen LogP contribution in [0.3, 0.4) is 0 Å². The third-order valence-electron chi connectivity index (χ3n) is 2.11. The number of hydrogen-bond acceptors (Lipinski definition) is 3. The van der Waals surface area contributed by atoms with Crippen LogP contribution in [-0.4, -0.2) is 25.0 Å². The van der Waals surface area contributed by atoms with Gasteiger partial charge in [0.25, 0.3) is 0 Å². The van der Waals surface area contributed by atoms with Gasteiger partial charge >= 0.3 is 5.97 Å². The summed E-state index contributed by atoms with van der Waals surface area (Å²) in [6.07, 6.45) is 0. The van der Waals surface area contributed by atoms with E-state index < -0.39 is 17.2 Å². The molecule has 1 unspecified atom stereocenters. The van der Waals surface area contributed by atoms with E-state index in [9.17, 15) is 9.18 Å². The number of rotatable bonds is 5. The summed E-state index contributed by atoms with van der Waals surface area (Å²) >= 11 is 11.3. The summed E-state index contributed by atoms with van der Waals surface area (Å²) in [5.41, 5.74) is 0.461. The number of esters is 1. The molecular weight excluding hydrogens is 268 g/mol. The molecule has 0 bridgehead atoms. The lowest BCUT2D eigenvalue weighted by Crippen LogP contribution is -2.29. The summed E-state index contributed by atoms with van der Waals surface area (Å²) in [7, 11) is 1.26. The highest BCUT2D eigenvalue weighted by molar-refractivity contribution is 6.30. The quantitative estimate of drug-likeness (QED) is 0.664. The highest BCUT2D eigenvalue weighted by Gasteiger charge is 2.14. The largest absolute Gasteiger partial charge is 0.468 e. The van der Waals surface area contributed by atoms with Crippen LogP contribution in [0.4, 0.5) is 4.39 Å². The molecule has 0 fully saturated rings. The van der Waals surface area contributed by atoms with Gasteiger partial charge in [0, 0.05) is 23.7 Å². The Bertz CT molecular complexity index is 401. The van der Waals surface area contributed by atoms with Crippen molar-refractivity contribution in [2.24, 2.45) is 0 Å². The van der Waals surface area contributed by atoms with Crippen molar-refractivity contribution in [3.63, 3.8) is 0 Å². The Balaban J connectivity index is 2.43. The summed E-state index contributed by atoms with van der Waals surface area (Å²) in [5.74, 6) is -0.912. The maximum atomic E-state index is 13.4. The number of methoxy groups -OCH3 is 1. The molecule has 1 N–H and O–H groups in total. The summed E-state index contributed by atoms with van der Waals surface area (Å²) in [4.78, 5) is 11.0. The minimum absolute atomic E-state index is 0.205. The number of ether oxygens (including phenoxy) is 1. The fourth-order valence-electron chi connectivity index (χ4n) is 1.21. The molecule has 0 saturated carbocycles. The first-order valence-corrected chi connectivity index (χ1v) is 5.72. The Kier molecular flexibility index (Phi) is 5.68. The van der Waals surface area contributed by atoms with Crippen molar-refractivity contribution in [2.45, 2.75) is 11.9 Å². The van der Waals surface area contributed by atoms with E-state index in [2.05, 4.69) is 10.1 Å². The van der Waals surface area contributed by atoms with E-state index in [4.69, 9.17) is 23.2 Å². The van der Waals surface area contributed by atoms with Crippen LogP contribution in [0.15, 0.2) is 18.2 Å². The zero-order valence-corrected chi connectivity index (χ0v) is 10.7. The van der Waals surface area contributed by atoms with E-state index in [1.54, 1.807) is 12.1 Å². The van der Waals surface area contributed by atoms with E-state index in [-0.39, 0.29) is 13.1 Å². The highest BCUT2D eigenvalue weighted by atomic mass is 35.5. The third kappa shape index (κ3) is 4.50. The van der Waals surface area contributed by atoms with Crippen molar-refractivity contribution >= 4 is 29.2 Å². The molecule has 1 rings (SSSR count). The van der Waals surface area contributed by atoms with Crippen molar-refractivity contribution in [1.82, 2.24) is 5.32 Å². The number of benzene rings is 1. The average molecular weight is 280 g/mol. The van der Waals surface area contributed by atoms with Crippen LogP contribution >= 0.6 is 23.2 Å². The minimum Gasteiger partial charge on any atom is -0.468 e. The van der Waals surface area contributed by atoms with Crippen LogP contribution < -0.4 is 5.32 Å². The van der Waals surface area contributed by atoms with Crippen LogP contribution in [0.2, 0.25) is 5.02 Å². The molecule has 0 heterocycles. The van der Waals surface area contributed by atoms with E-state index >= 15 is 0 Å². The lowest BCUT2D eigenvalue weighted by Gasteiger charge is -2.09. The number of alkyl halides is 1. The molecule has 0 spiro atoms. The van der Waals surface area contributed by atoms with Crippen LogP contribution in [0.25, 0.3) is 0 Å². The summed E-state index contributed by atoms with van der Waals surface area (Å²) in [6.45, 7) is 0.472. The maximum absolute atomic E-state index is 13.4. The van der Waals surface area contributed by atoms with Crippen molar-refractivity contribution in [3.8, 4) is 0 Å². The van der Waals surface area contributed by atoms with Crippen LogP contribution in [-0.2, 0) is 16.1 Å². The summed E-state index contributed by atoms with van der Waals surface area (Å²) < 4.78 is 17.8. The normalized spacial score (nSPS) is 12.2. The Hall–Kier alpha value is -0.840. The van der Waals surface area contributed by atoms with Crippen LogP contribution in [0, 0.1) is 5.82 Å². The summed E-state index contributed by atoms with van der Waals surface area (Å²) in [5, 5.41) is 2.42. The lowest BCUT2D eigenvalue weighted by atomic mass is 10.2. The molecular formula is C11H12Cl2FNO2. The maximum Gasteiger partial charge on any atom is 0.325 e. The molecule has 0 radical (unpaired) electrons. The summed E-state index contributed by atoms with van der Waals surface area (Å²) in [6, 6.07) is 4.41. The molecule has 1 aromatic carbocycles. The van der Waals surface area contributed by atoms with E-state index in [0.29, 0.717) is 10.6 Å². The topological polar surface area (TPSA) is 38.3 Å². The van der Waals surface area contributed by atoms with Gasteiger partial charge in [-0.05, 0) is 12.1 Å². The van der Waals surface area contributed by atoms with Gasteiger partial charge in [-0.25, -0.2) is 4.39 Å². The molecule has 3 nitrogen and oxygen atoms in total. The highest BCUT2D eigenvalue weighted by Crippen LogP contribution is 2.14. The number of hydrogen-bond donors (Lipinski definition) is 1. The molecule has 1 aromatic rings. The number of nitrogens with one attached hydrogen (secondary N) is 1. The molecule has 0 aliphatic heterocycles. The van der Waals surface area contributed by atoms with Gasteiger partial charge in [0.05, 0.1) is 7.11 Å². The molecule has 0 saturated heterocycles. The van der Waals surface area contributed by atoms with Gasteiger partial charge in [-0.15, -0.1) is 11.6 Å². The first-order valence-electron chi connectivity index (χ1n) is 4.91. The van der Waals surface area contributed by atoms with Crippen molar-refractivity contribution in [3.05, 3.63) is 34.6 Å². The van der Waals surface area contributed by atoms with Gasteiger partial charge in [-0.2, -0.15) is 0 Å². The zero-order valence-electron chi connectivity index (χ0n) is 9.17. The molecule has 0 aliphatic rings. The number of halogens is 3. The van der Waals surface area contributed by atoms with Crippen molar-refractivity contribution in [2.75, 3.05) is 13.7 Å². The van der Waals surface area contributed by atoms with Gasteiger partial charge in [0.1, 0.15) is 11.2 Å². The van der Waals surface area contributed by atoms with Gasteiger partial charge in [0.15, 0.2) is 0 Å². The van der Waals surface area contributed by atoms with Crippen molar-refractivity contribution < 1.29 is 13.9 Å². The Labute approximate surface area is 109 Å². The number of carbonyl (C=O) groups excluding carboxylic acids is 1. The van der Waals surface area contributed by atoms with Gasteiger partial charge in [-0.1, -0.05) is 17.7 Å². The molecule has 1 atom stereocenters. The first-order chi connectivity index (χ1) is 8.04. The second-order valence-electron chi connectivity index (χ2n) is 3.36. The lowest BCUT2D eigenvalue weighted by molar-refractivity contribution is -0.140. The van der Waals surface area contributed by atoms with Crippen LogP contribution in [0.5, 0.6) is 0 Å². The first kappa shape index (κ1) is 14.2. The molecule has 0 aliphatic carbocycles. The fourth-order valence-corrected chi connectivity index (χ4v) is 1.57. The Morgan fingerprint density at radius 2 is 2.29 bits per heavy atom. The molecule has 6 heteroatoms. The van der Waals surface area contributed by atoms with Gasteiger partial charge in [-0.3, -0.25) is 4.79 Å². The fraction of sp³-hybridized carbons (Fsp3) is 0.364. The van der Waals surface area contributed by atoms with E-state index in [1.165, 1.54) is 13.2 Å². The zero-order chi connectivity index (χ0) is 12.8. The molecule has 94 valence electrons. The second kappa shape index (κ2) is 6.79. The predicted octanol–water partition coefficient (Wildman–Crippen LogP) is 2.35. The molecule has 17 heavy (non-hydrogen) atoms. The smallest absolute Gasteiger partial charge is 0.325 e. The Morgan fingerprint density at radius 1 is 1.59 bits per heavy atom. The standard InChI is InChI=1S/C11H12Cl2FNO2/c1-17-11(16)9(13)6-15-5-7-2-3-8(12)4-10(7)14/h2-4,9,15H,5-6H2,1H3. The van der Waals surface area contributed by atoms with Crippen LogP contribution in [0.1, 0.15) is 5.56 Å². The second-order valence-corrected chi connectivity index (χ2v) is 4.32. The SMILES string of the molecule is COC(=O)C(Cl)CNCc1ccc(Cl)cc1F. The third-order valence-corrected chi connectivity index (χ3v) is 2.68. The molecule has 0 amide bonds. The average Bonchev–Trinajstić information content (AvgIpc) is 2.30. The monoisotopic (exact) mass is 279 g/mol. The minimum atomic E-state index is -0.782. The van der Waals surface area contributed by atoms with Gasteiger partial charge < -0.3 is 10.1 Å². The van der Waals surface area contributed by atoms with E-state index in [0.717, 1.165) is 0 Å². The molecule has 0 aromatic heterocycles. The number of carbonyl (C=O) groups is 1. The van der Waals surface area contributed by atoms with Gasteiger partial charge in [0.2, 0.25) is 0 Å². The van der Waals surface area contributed by atoms with Crippen molar-refractivity contribution in [1.29, 1.82) is 0 Å². The Morgan fingerprint density at radius 3 is 2.88 bits per heavy atom. The predicted molar refractivity (Wildman–Crippen MR) is 64.8 cm³/mol.